The van der Waals surface area contributed by atoms with Crippen molar-refractivity contribution >= 4 is 11.5 Å². The molecule has 2 aromatic carbocycles. The summed E-state index contributed by atoms with van der Waals surface area (Å²) in [6.07, 6.45) is -4.33. The lowest BCUT2D eigenvalue weighted by atomic mass is 10.1. The van der Waals surface area contributed by atoms with E-state index in [0.29, 0.717) is 5.69 Å². The summed E-state index contributed by atoms with van der Waals surface area (Å²) in [5.74, 6) is 0.799. The second-order valence-electron chi connectivity index (χ2n) is 6.14. The van der Waals surface area contributed by atoms with Crippen molar-refractivity contribution in [3.8, 4) is 0 Å². The molecule has 0 unspecified atom stereocenters. The number of benzene rings is 2. The highest BCUT2D eigenvalue weighted by molar-refractivity contribution is 6.00. The fourth-order valence-corrected chi connectivity index (χ4v) is 2.77. The standard InChI is InChI=1S/C19H20F3N3/c1-24-11-13-25(14-12-24)18(15-5-3-2-4-6-15)23-17-9-7-16(8-10-17)19(20,21)22/h2-10H,11-14H2,1H3. The lowest BCUT2D eigenvalue weighted by molar-refractivity contribution is -0.137. The summed E-state index contributed by atoms with van der Waals surface area (Å²) >= 11 is 0. The summed E-state index contributed by atoms with van der Waals surface area (Å²) in [5.41, 5.74) is 0.824. The van der Waals surface area contributed by atoms with Crippen LogP contribution in [0.15, 0.2) is 59.6 Å². The van der Waals surface area contributed by atoms with Crippen molar-refractivity contribution in [2.75, 3.05) is 33.2 Å². The lowest BCUT2D eigenvalue weighted by Crippen LogP contribution is -2.47. The molecule has 0 radical (unpaired) electrons. The molecule has 3 nitrogen and oxygen atoms in total. The molecule has 25 heavy (non-hydrogen) atoms. The minimum absolute atomic E-state index is 0.519. The van der Waals surface area contributed by atoms with Crippen LogP contribution in [0.2, 0.25) is 0 Å². The minimum Gasteiger partial charge on any atom is -0.354 e. The predicted molar refractivity (Wildman–Crippen MR) is 93.2 cm³/mol. The average Bonchev–Trinajstić information content (AvgIpc) is 2.61. The average molecular weight is 347 g/mol. The molecular formula is C19H20F3N3. The van der Waals surface area contributed by atoms with Gasteiger partial charge in [0.2, 0.25) is 0 Å². The molecule has 132 valence electrons. The van der Waals surface area contributed by atoms with Crippen molar-refractivity contribution in [2.45, 2.75) is 6.18 Å². The number of likely N-dealkylation sites (N-methyl/N-ethyl adjacent to an activating group) is 1. The van der Waals surface area contributed by atoms with Crippen LogP contribution in [0.1, 0.15) is 11.1 Å². The van der Waals surface area contributed by atoms with E-state index in [4.69, 9.17) is 0 Å². The summed E-state index contributed by atoms with van der Waals surface area (Å²) < 4.78 is 38.2. The lowest BCUT2D eigenvalue weighted by Gasteiger charge is -2.34. The van der Waals surface area contributed by atoms with E-state index in [1.807, 2.05) is 30.3 Å². The molecule has 1 fully saturated rings. The van der Waals surface area contributed by atoms with Gasteiger partial charge >= 0.3 is 6.18 Å². The molecule has 2 aromatic rings. The number of nitrogens with zero attached hydrogens (tertiary/aromatic N) is 3. The van der Waals surface area contributed by atoms with Gasteiger partial charge in [-0.25, -0.2) is 4.99 Å². The van der Waals surface area contributed by atoms with Crippen molar-refractivity contribution in [2.24, 2.45) is 4.99 Å². The second kappa shape index (κ2) is 7.27. The van der Waals surface area contributed by atoms with Crippen LogP contribution in [0, 0.1) is 0 Å². The van der Waals surface area contributed by atoms with Gasteiger partial charge in [-0.2, -0.15) is 13.2 Å². The van der Waals surface area contributed by atoms with E-state index in [-0.39, 0.29) is 0 Å². The zero-order chi connectivity index (χ0) is 17.9. The minimum atomic E-state index is -4.33. The molecule has 3 rings (SSSR count). The van der Waals surface area contributed by atoms with Gasteiger partial charge in [-0.1, -0.05) is 30.3 Å². The van der Waals surface area contributed by atoms with E-state index in [0.717, 1.165) is 49.7 Å². The first kappa shape index (κ1) is 17.5. The van der Waals surface area contributed by atoms with Gasteiger partial charge in [0, 0.05) is 31.7 Å². The number of piperazine rings is 1. The van der Waals surface area contributed by atoms with Crippen LogP contribution in [0.5, 0.6) is 0 Å². The molecule has 1 aliphatic heterocycles. The number of rotatable bonds is 2. The SMILES string of the molecule is CN1CCN(C(=Nc2ccc(C(F)(F)F)cc2)c2ccccc2)CC1. The largest absolute Gasteiger partial charge is 0.416 e. The van der Waals surface area contributed by atoms with Crippen molar-refractivity contribution in [3.05, 3.63) is 65.7 Å². The molecule has 0 spiro atoms. The Hall–Kier alpha value is -2.34. The molecule has 0 N–H and O–H groups in total. The summed E-state index contributed by atoms with van der Waals surface area (Å²) in [6, 6.07) is 14.7. The molecule has 0 bridgehead atoms. The van der Waals surface area contributed by atoms with Gasteiger partial charge in [-0.15, -0.1) is 0 Å². The van der Waals surface area contributed by atoms with Gasteiger partial charge < -0.3 is 9.80 Å². The van der Waals surface area contributed by atoms with Crippen LogP contribution in [0.3, 0.4) is 0 Å². The third-order valence-corrected chi connectivity index (χ3v) is 4.26. The molecule has 1 aliphatic rings. The quantitative estimate of drug-likeness (QED) is 0.603. The maximum atomic E-state index is 12.7. The summed E-state index contributed by atoms with van der Waals surface area (Å²) in [6.45, 7) is 3.54. The van der Waals surface area contributed by atoms with Gasteiger partial charge in [-0.05, 0) is 31.3 Å². The monoisotopic (exact) mass is 347 g/mol. The number of hydrogen-bond acceptors (Lipinski definition) is 2. The Morgan fingerprint density at radius 2 is 1.48 bits per heavy atom. The smallest absolute Gasteiger partial charge is 0.354 e. The number of aliphatic imine (C=N–C) groups is 1. The topological polar surface area (TPSA) is 18.8 Å². The Morgan fingerprint density at radius 3 is 2.04 bits per heavy atom. The second-order valence-corrected chi connectivity index (χ2v) is 6.14. The fourth-order valence-electron chi connectivity index (χ4n) is 2.77. The zero-order valence-electron chi connectivity index (χ0n) is 14.0. The van der Waals surface area contributed by atoms with Crippen LogP contribution < -0.4 is 0 Å². The first-order chi connectivity index (χ1) is 11.9. The van der Waals surface area contributed by atoms with Crippen molar-refractivity contribution < 1.29 is 13.2 Å². The highest BCUT2D eigenvalue weighted by Crippen LogP contribution is 2.30. The third kappa shape index (κ3) is 4.39. The van der Waals surface area contributed by atoms with Crippen molar-refractivity contribution in [1.82, 2.24) is 9.80 Å². The maximum absolute atomic E-state index is 12.7. The Bertz CT molecular complexity index is 716. The number of amidine groups is 1. The van der Waals surface area contributed by atoms with Crippen LogP contribution in [-0.4, -0.2) is 48.9 Å². The van der Waals surface area contributed by atoms with Crippen LogP contribution in [0.4, 0.5) is 18.9 Å². The fraction of sp³-hybridized carbons (Fsp3) is 0.316. The van der Waals surface area contributed by atoms with E-state index in [9.17, 15) is 13.2 Å². The van der Waals surface area contributed by atoms with Gasteiger partial charge in [0.25, 0.3) is 0 Å². The van der Waals surface area contributed by atoms with Crippen LogP contribution >= 0.6 is 0 Å². The van der Waals surface area contributed by atoms with Gasteiger partial charge in [0.05, 0.1) is 11.3 Å². The number of alkyl halides is 3. The molecule has 0 aliphatic carbocycles. The molecular weight excluding hydrogens is 327 g/mol. The predicted octanol–water partition coefficient (Wildman–Crippen LogP) is 4.03. The van der Waals surface area contributed by atoms with E-state index in [2.05, 4.69) is 21.8 Å². The molecule has 0 aromatic heterocycles. The van der Waals surface area contributed by atoms with Gasteiger partial charge in [0.15, 0.2) is 0 Å². The molecule has 0 amide bonds. The van der Waals surface area contributed by atoms with Gasteiger partial charge in [-0.3, -0.25) is 0 Å². The number of halogens is 3. The summed E-state index contributed by atoms with van der Waals surface area (Å²) in [5, 5.41) is 0. The van der Waals surface area contributed by atoms with Gasteiger partial charge in [0.1, 0.15) is 5.84 Å². The van der Waals surface area contributed by atoms with Crippen molar-refractivity contribution in [1.29, 1.82) is 0 Å². The molecule has 0 saturated carbocycles. The first-order valence-corrected chi connectivity index (χ1v) is 8.18. The Balaban J connectivity index is 1.92. The van der Waals surface area contributed by atoms with Crippen molar-refractivity contribution in [3.63, 3.8) is 0 Å². The maximum Gasteiger partial charge on any atom is 0.416 e. The summed E-state index contributed by atoms with van der Waals surface area (Å²) in [4.78, 5) is 9.09. The van der Waals surface area contributed by atoms with E-state index in [1.54, 1.807) is 0 Å². The first-order valence-electron chi connectivity index (χ1n) is 8.18. The normalized spacial score (nSPS) is 17.0. The highest BCUT2D eigenvalue weighted by atomic mass is 19.4. The number of hydrogen-bond donors (Lipinski definition) is 0. The van der Waals surface area contributed by atoms with E-state index < -0.39 is 11.7 Å². The molecule has 0 atom stereocenters. The van der Waals surface area contributed by atoms with Crippen LogP contribution in [0.25, 0.3) is 0 Å². The molecule has 1 saturated heterocycles. The Morgan fingerprint density at radius 1 is 0.880 bits per heavy atom. The summed E-state index contributed by atoms with van der Waals surface area (Å²) in [7, 11) is 2.08. The Kier molecular flexibility index (Phi) is 5.08. The Labute approximate surface area is 145 Å². The highest BCUT2D eigenvalue weighted by Gasteiger charge is 2.30. The zero-order valence-corrected chi connectivity index (χ0v) is 14.0. The molecule has 6 heteroatoms. The molecule has 1 heterocycles. The third-order valence-electron chi connectivity index (χ3n) is 4.26. The van der Waals surface area contributed by atoms with E-state index in [1.165, 1.54) is 12.1 Å². The van der Waals surface area contributed by atoms with Crippen LogP contribution in [-0.2, 0) is 6.18 Å². The van der Waals surface area contributed by atoms with E-state index >= 15 is 0 Å².